The molecule has 0 fully saturated rings. The first-order valence-electron chi connectivity index (χ1n) is 12.5. The van der Waals surface area contributed by atoms with Crippen molar-refractivity contribution in [1.29, 1.82) is 0 Å². The molecule has 2 atom stereocenters. The number of para-hydroxylation sites is 1. The van der Waals surface area contributed by atoms with E-state index in [-0.39, 0.29) is 36.1 Å². The molecule has 0 aromatic heterocycles. The van der Waals surface area contributed by atoms with Gasteiger partial charge in [0.1, 0.15) is 29.2 Å². The van der Waals surface area contributed by atoms with Gasteiger partial charge in [0.15, 0.2) is 0 Å². The maximum Gasteiger partial charge on any atom is 0.408 e. The van der Waals surface area contributed by atoms with Crippen LogP contribution in [0, 0.1) is 0 Å². The number of rotatable bonds is 10. The van der Waals surface area contributed by atoms with E-state index >= 15 is 0 Å². The van der Waals surface area contributed by atoms with E-state index in [0.717, 1.165) is 0 Å². The van der Waals surface area contributed by atoms with Gasteiger partial charge in [0.05, 0.1) is 0 Å². The molecule has 0 saturated carbocycles. The van der Waals surface area contributed by atoms with Gasteiger partial charge in [-0.3, -0.25) is 9.59 Å². The Kier molecular flexibility index (Phi) is 10.3. The summed E-state index contributed by atoms with van der Waals surface area (Å²) >= 11 is 0. The molecule has 0 spiro atoms. The van der Waals surface area contributed by atoms with Crippen molar-refractivity contribution in [2.24, 2.45) is 0 Å². The summed E-state index contributed by atoms with van der Waals surface area (Å²) in [6.45, 7) is 10.9. The molecule has 0 aliphatic carbocycles. The monoisotopic (exact) mass is 513 g/mol. The molecule has 0 saturated heterocycles. The summed E-state index contributed by atoms with van der Waals surface area (Å²) in [6.07, 6.45) is -0.145. The summed E-state index contributed by atoms with van der Waals surface area (Å²) in [5.41, 5.74) is 0.187. The summed E-state index contributed by atoms with van der Waals surface area (Å²) in [4.78, 5) is 41.6. The fourth-order valence-corrected chi connectivity index (χ4v) is 3.86. The van der Waals surface area contributed by atoms with Gasteiger partial charge in [-0.15, -0.1) is 0 Å². The number of hydrogen-bond acceptors (Lipinski definition) is 6. The van der Waals surface area contributed by atoms with E-state index in [9.17, 15) is 24.6 Å². The van der Waals surface area contributed by atoms with Gasteiger partial charge in [-0.25, -0.2) is 4.79 Å². The number of benzene rings is 2. The Hall–Kier alpha value is -3.75. The summed E-state index contributed by atoms with van der Waals surface area (Å²) in [6, 6.07) is 10.3. The van der Waals surface area contributed by atoms with Gasteiger partial charge in [-0.2, -0.15) is 0 Å². The first-order chi connectivity index (χ1) is 17.3. The highest BCUT2D eigenvalue weighted by Crippen LogP contribution is 2.30. The lowest BCUT2D eigenvalue weighted by Gasteiger charge is -2.35. The third-order valence-electron chi connectivity index (χ3n) is 5.34. The molecule has 0 aliphatic rings. The Morgan fingerprint density at radius 2 is 1.59 bits per heavy atom. The van der Waals surface area contributed by atoms with Crippen LogP contribution < -0.4 is 10.6 Å². The SMILES string of the molecule is CCCN(C(=O)C(Cc1ccc(O)cc1)NC(=O)OC(C)(C)C)C(C(=O)NC(C)C)c1ccccc1O. The van der Waals surface area contributed by atoms with Crippen LogP contribution in [0.4, 0.5) is 4.79 Å². The van der Waals surface area contributed by atoms with Crippen molar-refractivity contribution in [3.05, 3.63) is 59.7 Å². The Labute approximate surface area is 218 Å². The van der Waals surface area contributed by atoms with Crippen molar-refractivity contribution in [2.75, 3.05) is 6.54 Å². The summed E-state index contributed by atoms with van der Waals surface area (Å²) in [7, 11) is 0. The lowest BCUT2D eigenvalue weighted by Crippen LogP contribution is -2.54. The zero-order chi connectivity index (χ0) is 27.8. The number of nitrogens with one attached hydrogen (secondary N) is 2. The molecular formula is C28H39N3O6. The van der Waals surface area contributed by atoms with Crippen LogP contribution in [0.2, 0.25) is 0 Å². The minimum Gasteiger partial charge on any atom is -0.508 e. The van der Waals surface area contributed by atoms with Gasteiger partial charge in [-0.1, -0.05) is 37.3 Å². The molecule has 0 aliphatic heterocycles. The van der Waals surface area contributed by atoms with Crippen LogP contribution in [0.1, 0.15) is 65.1 Å². The second-order valence-corrected chi connectivity index (χ2v) is 10.2. The number of carbonyl (C=O) groups excluding carboxylic acids is 3. The van der Waals surface area contributed by atoms with Crippen LogP contribution >= 0.6 is 0 Å². The molecule has 9 nitrogen and oxygen atoms in total. The topological polar surface area (TPSA) is 128 Å². The van der Waals surface area contributed by atoms with E-state index in [1.54, 1.807) is 51.1 Å². The second-order valence-electron chi connectivity index (χ2n) is 10.2. The van der Waals surface area contributed by atoms with E-state index in [2.05, 4.69) is 10.6 Å². The van der Waals surface area contributed by atoms with E-state index < -0.39 is 35.6 Å². The summed E-state index contributed by atoms with van der Waals surface area (Å²) < 4.78 is 5.40. The Balaban J connectivity index is 2.53. The maximum atomic E-state index is 14.1. The van der Waals surface area contributed by atoms with Crippen LogP contribution in [0.25, 0.3) is 0 Å². The van der Waals surface area contributed by atoms with Gasteiger partial charge in [0.25, 0.3) is 0 Å². The van der Waals surface area contributed by atoms with Crippen molar-refractivity contribution >= 4 is 17.9 Å². The van der Waals surface area contributed by atoms with Crippen molar-refractivity contribution in [3.63, 3.8) is 0 Å². The molecule has 0 bridgehead atoms. The Morgan fingerprint density at radius 1 is 0.973 bits per heavy atom. The summed E-state index contributed by atoms with van der Waals surface area (Å²) in [5, 5.41) is 25.8. The zero-order valence-corrected chi connectivity index (χ0v) is 22.4. The number of alkyl carbamates (subject to hydrolysis) is 1. The quantitative estimate of drug-likeness (QED) is 0.380. The minimum atomic E-state index is -1.13. The molecule has 9 heteroatoms. The molecule has 0 radical (unpaired) electrons. The van der Waals surface area contributed by atoms with Crippen LogP contribution in [-0.2, 0) is 20.7 Å². The smallest absolute Gasteiger partial charge is 0.408 e. The molecule has 3 amide bonds. The van der Waals surface area contributed by atoms with Gasteiger partial charge in [0, 0.05) is 24.6 Å². The Bertz CT molecular complexity index is 1060. The molecule has 2 aromatic carbocycles. The number of nitrogens with zero attached hydrogens (tertiary/aromatic N) is 1. The molecule has 37 heavy (non-hydrogen) atoms. The third-order valence-corrected chi connectivity index (χ3v) is 5.34. The second kappa shape index (κ2) is 13.0. The van der Waals surface area contributed by atoms with Gasteiger partial charge >= 0.3 is 6.09 Å². The van der Waals surface area contributed by atoms with Crippen LogP contribution in [0.5, 0.6) is 11.5 Å². The normalized spacial score (nSPS) is 12.9. The zero-order valence-electron chi connectivity index (χ0n) is 22.4. The minimum absolute atomic E-state index is 0.0734. The van der Waals surface area contributed by atoms with Gasteiger partial charge in [0.2, 0.25) is 11.8 Å². The van der Waals surface area contributed by atoms with Crippen LogP contribution in [0.15, 0.2) is 48.5 Å². The fraction of sp³-hybridized carbons (Fsp3) is 0.464. The lowest BCUT2D eigenvalue weighted by molar-refractivity contribution is -0.142. The van der Waals surface area contributed by atoms with E-state index in [1.807, 2.05) is 20.8 Å². The Morgan fingerprint density at radius 3 is 2.14 bits per heavy atom. The van der Waals surface area contributed by atoms with Gasteiger partial charge < -0.3 is 30.5 Å². The average Bonchev–Trinajstić information content (AvgIpc) is 2.78. The van der Waals surface area contributed by atoms with Crippen LogP contribution in [0.3, 0.4) is 0 Å². The average molecular weight is 514 g/mol. The highest BCUT2D eigenvalue weighted by Gasteiger charge is 2.37. The number of amides is 3. The standard InChI is InChI=1S/C28H39N3O6/c1-7-16-31(24(25(34)29-18(2)3)21-10-8-9-11-23(21)33)26(35)22(30-27(36)37-28(4,5)6)17-19-12-14-20(32)15-13-19/h8-15,18,22,24,32-33H,7,16-17H2,1-6H3,(H,29,34)(H,30,36). The van der Waals surface area contributed by atoms with E-state index in [4.69, 9.17) is 4.74 Å². The maximum absolute atomic E-state index is 14.1. The molecular weight excluding hydrogens is 474 g/mol. The molecule has 202 valence electrons. The molecule has 2 rings (SSSR count). The number of aromatic hydroxyl groups is 2. The predicted molar refractivity (Wildman–Crippen MR) is 141 cm³/mol. The van der Waals surface area contributed by atoms with Crippen molar-refractivity contribution < 1.29 is 29.3 Å². The highest BCUT2D eigenvalue weighted by atomic mass is 16.6. The molecule has 0 heterocycles. The highest BCUT2D eigenvalue weighted by molar-refractivity contribution is 5.92. The number of hydrogen-bond donors (Lipinski definition) is 4. The fourth-order valence-electron chi connectivity index (χ4n) is 3.86. The molecule has 2 aromatic rings. The van der Waals surface area contributed by atoms with Crippen molar-refractivity contribution in [1.82, 2.24) is 15.5 Å². The van der Waals surface area contributed by atoms with E-state index in [1.165, 1.54) is 23.1 Å². The largest absolute Gasteiger partial charge is 0.508 e. The van der Waals surface area contributed by atoms with Crippen molar-refractivity contribution in [3.8, 4) is 11.5 Å². The molecule has 4 N–H and O–H groups in total. The van der Waals surface area contributed by atoms with E-state index in [0.29, 0.717) is 12.0 Å². The number of carbonyl (C=O) groups is 3. The summed E-state index contributed by atoms with van der Waals surface area (Å²) in [5.74, 6) is -0.994. The first-order valence-corrected chi connectivity index (χ1v) is 12.5. The van der Waals surface area contributed by atoms with Crippen molar-refractivity contribution in [2.45, 2.75) is 78.1 Å². The predicted octanol–water partition coefficient (Wildman–Crippen LogP) is 4.04. The number of phenolic OH excluding ortho intramolecular Hbond substituents is 2. The van der Waals surface area contributed by atoms with Gasteiger partial charge in [-0.05, 0) is 64.8 Å². The lowest BCUT2D eigenvalue weighted by atomic mass is 9.99. The molecule has 2 unspecified atom stereocenters. The number of phenols is 2. The third kappa shape index (κ3) is 9.00. The number of ether oxygens (including phenoxy) is 1. The first kappa shape index (κ1) is 29.5. The van der Waals surface area contributed by atoms with Crippen LogP contribution in [-0.4, -0.2) is 57.3 Å².